The topological polar surface area (TPSA) is 17.1 Å². The average Bonchev–Trinajstić information content (AvgIpc) is 2.76. The van der Waals surface area contributed by atoms with Gasteiger partial charge < -0.3 is 0 Å². The Morgan fingerprint density at radius 1 is 1.20 bits per heavy atom. The Morgan fingerprint density at radius 2 is 1.70 bits per heavy atom. The highest BCUT2D eigenvalue weighted by Crippen LogP contribution is 2.46. The summed E-state index contributed by atoms with van der Waals surface area (Å²) in [6.45, 7) is 8.05. The van der Waals surface area contributed by atoms with E-state index in [4.69, 9.17) is 0 Å². The van der Waals surface area contributed by atoms with Gasteiger partial charge in [-0.05, 0) is 62.3 Å². The summed E-state index contributed by atoms with van der Waals surface area (Å²) in [5.74, 6) is 0.512. The van der Waals surface area contributed by atoms with Crippen LogP contribution in [0.25, 0.3) is 0 Å². The number of carbonyl (C=O) groups is 1. The number of hydrogen-bond acceptors (Lipinski definition) is 1. The molecule has 1 nitrogen and oxygen atoms in total. The van der Waals surface area contributed by atoms with Crippen LogP contribution in [0.4, 0.5) is 4.39 Å². The van der Waals surface area contributed by atoms with E-state index in [9.17, 15) is 9.18 Å². The van der Waals surface area contributed by atoms with Crippen LogP contribution in [0.2, 0.25) is 0 Å². The van der Waals surface area contributed by atoms with Gasteiger partial charge in [-0.25, -0.2) is 4.39 Å². The lowest BCUT2D eigenvalue weighted by molar-refractivity contribution is 0.0758. The molecule has 0 radical (unpaired) electrons. The molecule has 0 heterocycles. The van der Waals surface area contributed by atoms with Crippen molar-refractivity contribution in [3.63, 3.8) is 0 Å². The SMILES string of the molecule is Cc1cc(F)cc(C)c1C(=O)C1(CC(C)C)CCCC1. The molecule has 0 aromatic heterocycles. The van der Waals surface area contributed by atoms with Gasteiger partial charge >= 0.3 is 0 Å². The highest BCUT2D eigenvalue weighted by molar-refractivity contribution is 6.03. The molecule has 1 aromatic rings. The second kappa shape index (κ2) is 5.67. The van der Waals surface area contributed by atoms with Crippen molar-refractivity contribution in [3.05, 3.63) is 34.6 Å². The molecule has 1 aliphatic carbocycles. The Labute approximate surface area is 121 Å². The molecule has 2 heteroatoms. The molecule has 0 aliphatic heterocycles. The Kier molecular flexibility index (Phi) is 4.31. The molecule has 0 atom stereocenters. The number of ketones is 1. The molecule has 0 spiro atoms. The van der Waals surface area contributed by atoms with Gasteiger partial charge in [0.25, 0.3) is 0 Å². The Balaban J connectivity index is 2.43. The standard InChI is InChI=1S/C18H25FO/c1-12(2)11-18(7-5-6-8-18)17(20)16-13(3)9-15(19)10-14(16)4/h9-10,12H,5-8,11H2,1-4H3. The van der Waals surface area contributed by atoms with Crippen LogP contribution in [0, 0.1) is 31.0 Å². The van der Waals surface area contributed by atoms with Gasteiger partial charge in [-0.1, -0.05) is 26.7 Å². The molecule has 0 saturated heterocycles. The normalized spacial score (nSPS) is 17.7. The zero-order chi connectivity index (χ0) is 14.9. The first-order valence-electron chi connectivity index (χ1n) is 7.67. The summed E-state index contributed by atoms with van der Waals surface area (Å²) < 4.78 is 13.4. The summed E-state index contributed by atoms with van der Waals surface area (Å²) in [4.78, 5) is 13.1. The Morgan fingerprint density at radius 3 is 2.15 bits per heavy atom. The first-order valence-corrected chi connectivity index (χ1v) is 7.67. The summed E-state index contributed by atoms with van der Waals surface area (Å²) in [5, 5.41) is 0. The minimum atomic E-state index is -0.249. The van der Waals surface area contributed by atoms with Gasteiger partial charge in [0.1, 0.15) is 5.82 Å². The monoisotopic (exact) mass is 276 g/mol. The maximum Gasteiger partial charge on any atom is 0.169 e. The number of benzene rings is 1. The van der Waals surface area contributed by atoms with Crippen LogP contribution in [0.3, 0.4) is 0 Å². The lowest BCUT2D eigenvalue weighted by atomic mass is 9.72. The Bertz CT molecular complexity index is 487. The number of carbonyl (C=O) groups excluding carboxylic acids is 1. The summed E-state index contributed by atoms with van der Waals surface area (Å²) >= 11 is 0. The number of hydrogen-bond donors (Lipinski definition) is 0. The fourth-order valence-corrected chi connectivity index (χ4v) is 3.89. The number of halogens is 1. The van der Waals surface area contributed by atoms with Crippen LogP contribution < -0.4 is 0 Å². The fraction of sp³-hybridized carbons (Fsp3) is 0.611. The molecule has 0 unspecified atom stereocenters. The molecule has 0 bridgehead atoms. The van der Waals surface area contributed by atoms with Crippen LogP contribution in [0.5, 0.6) is 0 Å². The van der Waals surface area contributed by atoms with Crippen LogP contribution in [0.1, 0.15) is 67.4 Å². The average molecular weight is 276 g/mol. The molecule has 1 fully saturated rings. The maximum atomic E-state index is 13.4. The van der Waals surface area contributed by atoms with Crippen molar-refractivity contribution in [2.24, 2.45) is 11.3 Å². The van der Waals surface area contributed by atoms with Gasteiger partial charge in [-0.3, -0.25) is 4.79 Å². The minimum Gasteiger partial charge on any atom is -0.294 e. The number of aryl methyl sites for hydroxylation is 2. The lowest BCUT2D eigenvalue weighted by Gasteiger charge is -2.30. The van der Waals surface area contributed by atoms with E-state index in [0.29, 0.717) is 5.92 Å². The van der Waals surface area contributed by atoms with Gasteiger partial charge in [-0.15, -0.1) is 0 Å². The van der Waals surface area contributed by atoms with Crippen molar-refractivity contribution >= 4 is 5.78 Å². The van der Waals surface area contributed by atoms with E-state index in [1.807, 2.05) is 13.8 Å². The van der Waals surface area contributed by atoms with E-state index in [0.717, 1.165) is 48.8 Å². The zero-order valence-corrected chi connectivity index (χ0v) is 13.1. The van der Waals surface area contributed by atoms with Crippen molar-refractivity contribution in [1.82, 2.24) is 0 Å². The molecule has 110 valence electrons. The third-order valence-corrected chi connectivity index (χ3v) is 4.57. The van der Waals surface area contributed by atoms with E-state index in [1.54, 1.807) is 0 Å². The third kappa shape index (κ3) is 2.79. The second-order valence-corrected chi connectivity index (χ2v) is 6.83. The van der Waals surface area contributed by atoms with Crippen molar-refractivity contribution < 1.29 is 9.18 Å². The molecule has 20 heavy (non-hydrogen) atoms. The predicted octanol–water partition coefficient (Wildman–Crippen LogP) is 5.23. The molecule has 1 saturated carbocycles. The van der Waals surface area contributed by atoms with Crippen molar-refractivity contribution in [2.75, 3.05) is 0 Å². The summed E-state index contributed by atoms with van der Waals surface area (Å²) in [5.41, 5.74) is 2.11. The van der Waals surface area contributed by atoms with Crippen molar-refractivity contribution in [3.8, 4) is 0 Å². The van der Waals surface area contributed by atoms with Gasteiger partial charge in [0.2, 0.25) is 0 Å². The van der Waals surface area contributed by atoms with Gasteiger partial charge in [-0.2, -0.15) is 0 Å². The van der Waals surface area contributed by atoms with Crippen molar-refractivity contribution in [1.29, 1.82) is 0 Å². The maximum absolute atomic E-state index is 13.4. The molecule has 1 aromatic carbocycles. The highest BCUT2D eigenvalue weighted by Gasteiger charge is 2.42. The number of rotatable bonds is 4. The van der Waals surface area contributed by atoms with Crippen LogP contribution in [0.15, 0.2) is 12.1 Å². The minimum absolute atomic E-state index is 0.207. The second-order valence-electron chi connectivity index (χ2n) is 6.83. The smallest absolute Gasteiger partial charge is 0.169 e. The van der Waals surface area contributed by atoms with E-state index in [-0.39, 0.29) is 17.0 Å². The first kappa shape index (κ1) is 15.2. The zero-order valence-electron chi connectivity index (χ0n) is 13.1. The van der Waals surface area contributed by atoms with Crippen LogP contribution in [-0.2, 0) is 0 Å². The first-order chi connectivity index (χ1) is 9.35. The molecular weight excluding hydrogens is 251 g/mol. The largest absolute Gasteiger partial charge is 0.294 e. The summed E-state index contributed by atoms with van der Waals surface area (Å²) in [6.07, 6.45) is 5.19. The molecule has 2 rings (SSSR count). The van der Waals surface area contributed by atoms with E-state index >= 15 is 0 Å². The molecular formula is C18H25FO. The van der Waals surface area contributed by atoms with Crippen LogP contribution in [-0.4, -0.2) is 5.78 Å². The summed E-state index contributed by atoms with van der Waals surface area (Å²) in [7, 11) is 0. The molecule has 1 aliphatic rings. The predicted molar refractivity (Wildman–Crippen MR) is 80.6 cm³/mol. The molecule has 0 amide bonds. The van der Waals surface area contributed by atoms with Gasteiger partial charge in [0, 0.05) is 11.0 Å². The van der Waals surface area contributed by atoms with Gasteiger partial charge in [0.05, 0.1) is 0 Å². The quantitative estimate of drug-likeness (QED) is 0.688. The highest BCUT2D eigenvalue weighted by atomic mass is 19.1. The van der Waals surface area contributed by atoms with E-state index in [1.165, 1.54) is 12.1 Å². The van der Waals surface area contributed by atoms with Crippen molar-refractivity contribution in [2.45, 2.75) is 59.8 Å². The number of Topliss-reactive ketones (excluding diaryl/α,β-unsaturated/α-hetero) is 1. The Hall–Kier alpha value is -1.18. The molecule has 0 N–H and O–H groups in total. The van der Waals surface area contributed by atoms with E-state index in [2.05, 4.69) is 13.8 Å². The van der Waals surface area contributed by atoms with E-state index < -0.39 is 0 Å². The third-order valence-electron chi connectivity index (χ3n) is 4.57. The lowest BCUT2D eigenvalue weighted by Crippen LogP contribution is -2.31. The van der Waals surface area contributed by atoms with Gasteiger partial charge in [0.15, 0.2) is 5.78 Å². The summed E-state index contributed by atoms with van der Waals surface area (Å²) in [6, 6.07) is 2.97. The fourth-order valence-electron chi connectivity index (χ4n) is 3.89. The van der Waals surface area contributed by atoms with Crippen LogP contribution >= 0.6 is 0 Å².